The molecule has 0 radical (unpaired) electrons. The Morgan fingerprint density at radius 1 is 0.973 bits per heavy atom. The normalized spacial score (nSPS) is 17.8. The largest absolute Gasteiger partial charge is 0.507 e. The average molecular weight is 502 g/mol. The number of benzene rings is 3. The molecule has 0 aliphatic carbocycles. The number of fused-ring (bicyclic) bond motifs is 1. The van der Waals surface area contributed by atoms with Gasteiger partial charge in [0.15, 0.2) is 23.0 Å². The number of nitrogens with zero attached hydrogens (tertiary/aromatic N) is 1. The summed E-state index contributed by atoms with van der Waals surface area (Å²) in [6.07, 6.45) is 0.472. The summed E-state index contributed by atoms with van der Waals surface area (Å²) in [5.41, 5.74) is 3.06. The molecule has 2 heterocycles. The Morgan fingerprint density at radius 3 is 2.51 bits per heavy atom. The van der Waals surface area contributed by atoms with E-state index in [9.17, 15) is 14.7 Å². The van der Waals surface area contributed by atoms with Crippen LogP contribution in [-0.4, -0.2) is 49.3 Å². The molecule has 3 aromatic rings. The first kappa shape index (κ1) is 24.2. The van der Waals surface area contributed by atoms with E-state index in [1.807, 2.05) is 43.3 Å². The van der Waals surface area contributed by atoms with Gasteiger partial charge in [-0.3, -0.25) is 9.59 Å². The second kappa shape index (κ2) is 9.89. The molecule has 1 atom stereocenters. The molecule has 1 N–H and O–H groups in total. The molecule has 0 aromatic heterocycles. The summed E-state index contributed by atoms with van der Waals surface area (Å²) in [5, 5.41) is 11.3. The molecule has 190 valence electrons. The second-order valence-corrected chi connectivity index (χ2v) is 8.91. The minimum Gasteiger partial charge on any atom is -0.507 e. The number of Topliss-reactive ketones (excluding diaryl/α,β-unsaturated/α-hetero) is 1. The quantitative estimate of drug-likeness (QED) is 0.291. The van der Waals surface area contributed by atoms with Gasteiger partial charge in [0.05, 0.1) is 25.8 Å². The zero-order valence-electron chi connectivity index (χ0n) is 20.8. The fraction of sp³-hybridized carbons (Fsp3) is 0.241. The standard InChI is InChI=1S/C29H27NO7/c1-17-5-4-6-19(13-17)26-25(27(31)20-8-10-22-24(15-20)37-16-36-22)28(32)29(33)30(26)12-11-18-7-9-21(34-2)23(14-18)35-3/h4-10,13-15,26,31H,11-12,16H2,1-3H3/b27-25-. The summed E-state index contributed by atoms with van der Waals surface area (Å²) >= 11 is 0. The van der Waals surface area contributed by atoms with Crippen LogP contribution in [0.3, 0.4) is 0 Å². The Kier molecular flexibility index (Phi) is 6.48. The Hall–Kier alpha value is -4.46. The molecule has 1 saturated heterocycles. The van der Waals surface area contributed by atoms with Crippen LogP contribution in [0.2, 0.25) is 0 Å². The van der Waals surface area contributed by atoms with Crippen LogP contribution in [0.1, 0.15) is 28.3 Å². The van der Waals surface area contributed by atoms with Crippen LogP contribution in [0.15, 0.2) is 66.2 Å². The number of rotatable bonds is 7. The van der Waals surface area contributed by atoms with Crippen LogP contribution in [0.5, 0.6) is 23.0 Å². The molecular formula is C29H27NO7. The smallest absolute Gasteiger partial charge is 0.295 e. The number of amides is 1. The Balaban J connectivity index is 1.54. The van der Waals surface area contributed by atoms with Gasteiger partial charge in [0.25, 0.3) is 11.7 Å². The molecule has 2 aliphatic heterocycles. The van der Waals surface area contributed by atoms with Crippen molar-refractivity contribution in [2.45, 2.75) is 19.4 Å². The molecule has 5 rings (SSSR count). The van der Waals surface area contributed by atoms with Crippen LogP contribution in [0.25, 0.3) is 5.76 Å². The molecule has 0 spiro atoms. The van der Waals surface area contributed by atoms with Crippen molar-refractivity contribution in [3.63, 3.8) is 0 Å². The number of carbonyl (C=O) groups is 2. The van der Waals surface area contributed by atoms with E-state index in [-0.39, 0.29) is 24.7 Å². The van der Waals surface area contributed by atoms with E-state index in [0.717, 1.165) is 16.7 Å². The van der Waals surface area contributed by atoms with E-state index in [4.69, 9.17) is 18.9 Å². The predicted octanol–water partition coefficient (Wildman–Crippen LogP) is 4.41. The summed E-state index contributed by atoms with van der Waals surface area (Å²) in [6.45, 7) is 2.29. The summed E-state index contributed by atoms with van der Waals surface area (Å²) in [5.74, 6) is 0.580. The van der Waals surface area contributed by atoms with Gasteiger partial charge in [0.1, 0.15) is 5.76 Å². The van der Waals surface area contributed by atoms with Gasteiger partial charge in [-0.25, -0.2) is 0 Å². The maximum absolute atomic E-state index is 13.3. The van der Waals surface area contributed by atoms with Crippen LogP contribution in [0.4, 0.5) is 0 Å². The van der Waals surface area contributed by atoms with Gasteiger partial charge in [0.2, 0.25) is 6.79 Å². The first-order chi connectivity index (χ1) is 17.9. The van der Waals surface area contributed by atoms with E-state index >= 15 is 0 Å². The minimum absolute atomic E-state index is 0.0433. The number of carbonyl (C=O) groups excluding carboxylic acids is 2. The number of hydrogen-bond donors (Lipinski definition) is 1. The van der Waals surface area contributed by atoms with Crippen molar-refractivity contribution in [3.05, 3.63) is 88.5 Å². The van der Waals surface area contributed by atoms with Crippen molar-refractivity contribution in [1.82, 2.24) is 4.90 Å². The summed E-state index contributed by atoms with van der Waals surface area (Å²) in [4.78, 5) is 28.1. The summed E-state index contributed by atoms with van der Waals surface area (Å²) in [6, 6.07) is 17.3. The number of aliphatic hydroxyl groups is 1. The Labute approximate surface area is 214 Å². The number of ketones is 1. The molecule has 8 nitrogen and oxygen atoms in total. The third-order valence-corrected chi connectivity index (χ3v) is 6.63. The molecule has 1 unspecified atom stereocenters. The summed E-state index contributed by atoms with van der Waals surface area (Å²) in [7, 11) is 3.13. The topological polar surface area (TPSA) is 94.5 Å². The number of methoxy groups -OCH3 is 2. The first-order valence-corrected chi connectivity index (χ1v) is 11.9. The van der Waals surface area contributed by atoms with Gasteiger partial charge in [0, 0.05) is 12.1 Å². The minimum atomic E-state index is -0.745. The van der Waals surface area contributed by atoms with E-state index in [0.29, 0.717) is 35.0 Å². The molecule has 37 heavy (non-hydrogen) atoms. The molecule has 1 fully saturated rings. The van der Waals surface area contributed by atoms with Crippen molar-refractivity contribution in [2.75, 3.05) is 27.6 Å². The molecule has 2 aliphatic rings. The third-order valence-electron chi connectivity index (χ3n) is 6.63. The highest BCUT2D eigenvalue weighted by Gasteiger charge is 2.46. The lowest BCUT2D eigenvalue weighted by atomic mass is 9.94. The zero-order valence-corrected chi connectivity index (χ0v) is 20.8. The van der Waals surface area contributed by atoms with Gasteiger partial charge < -0.3 is 29.0 Å². The number of hydrogen-bond acceptors (Lipinski definition) is 7. The highest BCUT2D eigenvalue weighted by molar-refractivity contribution is 6.46. The molecule has 0 saturated carbocycles. The highest BCUT2D eigenvalue weighted by Crippen LogP contribution is 2.41. The fourth-order valence-corrected chi connectivity index (χ4v) is 4.78. The highest BCUT2D eigenvalue weighted by atomic mass is 16.7. The lowest BCUT2D eigenvalue weighted by Gasteiger charge is -2.26. The second-order valence-electron chi connectivity index (χ2n) is 8.91. The number of aryl methyl sites for hydroxylation is 1. The predicted molar refractivity (Wildman–Crippen MR) is 136 cm³/mol. The molecule has 0 bridgehead atoms. The Bertz CT molecular complexity index is 1410. The molecule has 8 heteroatoms. The average Bonchev–Trinajstić information content (AvgIpc) is 3.48. The third kappa shape index (κ3) is 4.46. The van der Waals surface area contributed by atoms with E-state index < -0.39 is 17.7 Å². The van der Waals surface area contributed by atoms with E-state index in [2.05, 4.69) is 0 Å². The Morgan fingerprint density at radius 2 is 1.76 bits per heavy atom. The van der Waals surface area contributed by atoms with Gasteiger partial charge >= 0.3 is 0 Å². The van der Waals surface area contributed by atoms with E-state index in [1.54, 1.807) is 38.5 Å². The van der Waals surface area contributed by atoms with Crippen molar-refractivity contribution in [1.29, 1.82) is 0 Å². The maximum Gasteiger partial charge on any atom is 0.295 e. The van der Waals surface area contributed by atoms with Crippen LogP contribution >= 0.6 is 0 Å². The van der Waals surface area contributed by atoms with Crippen molar-refractivity contribution < 1.29 is 33.6 Å². The first-order valence-electron chi connectivity index (χ1n) is 11.9. The maximum atomic E-state index is 13.3. The van der Waals surface area contributed by atoms with Crippen molar-refractivity contribution in [2.24, 2.45) is 0 Å². The number of ether oxygens (including phenoxy) is 4. The number of aliphatic hydroxyl groups excluding tert-OH is 1. The van der Waals surface area contributed by atoms with Crippen LogP contribution < -0.4 is 18.9 Å². The van der Waals surface area contributed by atoms with Crippen LogP contribution in [0, 0.1) is 6.92 Å². The van der Waals surface area contributed by atoms with Gasteiger partial charge in [-0.05, 0) is 54.8 Å². The van der Waals surface area contributed by atoms with Gasteiger partial charge in [-0.2, -0.15) is 0 Å². The zero-order chi connectivity index (χ0) is 26.1. The summed E-state index contributed by atoms with van der Waals surface area (Å²) < 4.78 is 21.5. The lowest BCUT2D eigenvalue weighted by Crippen LogP contribution is -2.31. The van der Waals surface area contributed by atoms with Crippen molar-refractivity contribution >= 4 is 17.4 Å². The number of likely N-dealkylation sites (tertiary alicyclic amines) is 1. The van der Waals surface area contributed by atoms with E-state index in [1.165, 1.54) is 4.90 Å². The van der Waals surface area contributed by atoms with Gasteiger partial charge in [-0.1, -0.05) is 35.9 Å². The van der Waals surface area contributed by atoms with Gasteiger partial charge in [-0.15, -0.1) is 0 Å². The van der Waals surface area contributed by atoms with Crippen molar-refractivity contribution in [3.8, 4) is 23.0 Å². The molecular weight excluding hydrogens is 474 g/mol. The lowest BCUT2D eigenvalue weighted by molar-refractivity contribution is -0.139. The monoisotopic (exact) mass is 501 g/mol. The van der Waals surface area contributed by atoms with Crippen LogP contribution in [-0.2, 0) is 16.0 Å². The molecule has 3 aromatic carbocycles. The molecule has 1 amide bonds. The fourth-order valence-electron chi connectivity index (χ4n) is 4.78. The SMILES string of the molecule is COc1ccc(CCN2C(=O)C(=O)/C(=C(\O)c3ccc4c(c3)OCO4)C2c2cccc(C)c2)cc1OC.